The summed E-state index contributed by atoms with van der Waals surface area (Å²) < 4.78 is 14.1. The first-order valence-corrected chi connectivity index (χ1v) is 19.4. The molecule has 51 heavy (non-hydrogen) atoms. The predicted molar refractivity (Wildman–Crippen MR) is 221 cm³/mol. The van der Waals surface area contributed by atoms with Crippen LogP contribution in [0.2, 0.25) is 0 Å². The highest BCUT2D eigenvalue weighted by atomic mass is 35.5. The van der Waals surface area contributed by atoms with Crippen molar-refractivity contribution in [3.05, 3.63) is 104 Å². The number of ketones is 2. The van der Waals surface area contributed by atoms with Gasteiger partial charge in [-0.05, 0) is 62.7 Å². The standard InChI is InChI=1S/C30H39ClFN3O.C8H12O.3C2H6/c1-7-10-20(4)14-26(30-28(31)16-24(32)19-35(30)6)27(17-33)29(11-8-2)34-18-22-12-13-25(21(5)36)23(9-3)15-22;1-6-3-4-8(9)5-7(6)2;3*1-2/h11-17,33-34H,7-10,18-19H2,1-6H3;6H,2-5H2,1H3;3*1-2H3/b20-14+,27-26+,29-11+,33-17?;;;;. The normalized spacial score (nSPS) is 16.4. The maximum Gasteiger partial charge on any atom is 0.160 e. The first-order chi connectivity index (χ1) is 24.4. The summed E-state index contributed by atoms with van der Waals surface area (Å²) in [5, 5.41) is 12.2. The van der Waals surface area contributed by atoms with Gasteiger partial charge in [-0.1, -0.05) is 135 Å². The van der Waals surface area contributed by atoms with Crippen molar-refractivity contribution in [3.8, 4) is 0 Å². The number of aryl methyl sites for hydroxylation is 1. The van der Waals surface area contributed by atoms with Crippen molar-refractivity contribution in [3.63, 3.8) is 0 Å². The lowest BCUT2D eigenvalue weighted by Gasteiger charge is -2.29. The number of carbonyl (C=O) groups is 2. The highest BCUT2D eigenvalue weighted by Crippen LogP contribution is 2.33. The third-order valence-corrected chi connectivity index (χ3v) is 8.38. The van der Waals surface area contributed by atoms with E-state index in [-0.39, 0.29) is 18.2 Å². The number of Topliss-reactive ketones (excluding diaryl/α,β-unsaturated/α-hetero) is 2. The molecule has 5 nitrogen and oxygen atoms in total. The number of halogens is 2. The topological polar surface area (TPSA) is 73.3 Å². The molecule has 1 fully saturated rings. The summed E-state index contributed by atoms with van der Waals surface area (Å²) in [6, 6.07) is 5.92. The highest BCUT2D eigenvalue weighted by Gasteiger charge is 2.23. The van der Waals surface area contributed by atoms with Crippen molar-refractivity contribution < 1.29 is 14.0 Å². The summed E-state index contributed by atoms with van der Waals surface area (Å²) in [6.07, 6.45) is 12.7. The molecular weight excluding hydrogens is 657 g/mol. The molecule has 1 aliphatic heterocycles. The van der Waals surface area contributed by atoms with E-state index in [1.165, 1.54) is 12.3 Å². The van der Waals surface area contributed by atoms with Gasteiger partial charge < -0.3 is 15.6 Å². The molecule has 1 aromatic rings. The molecule has 0 spiro atoms. The Morgan fingerprint density at radius 1 is 1.12 bits per heavy atom. The van der Waals surface area contributed by atoms with Gasteiger partial charge in [0.15, 0.2) is 5.78 Å². The van der Waals surface area contributed by atoms with Crippen molar-refractivity contribution in [2.45, 2.75) is 135 Å². The number of nitrogens with one attached hydrogen (secondary N) is 2. The Balaban J connectivity index is 0. The lowest BCUT2D eigenvalue weighted by Crippen LogP contribution is -2.26. The van der Waals surface area contributed by atoms with Gasteiger partial charge >= 0.3 is 0 Å². The van der Waals surface area contributed by atoms with Crippen LogP contribution in [0.25, 0.3) is 0 Å². The average Bonchev–Trinajstić information content (AvgIpc) is 3.11. The Bertz CT molecular complexity index is 1430. The molecule has 1 heterocycles. The molecule has 1 atom stereocenters. The molecule has 0 radical (unpaired) electrons. The molecule has 7 heteroatoms. The molecule has 1 saturated carbocycles. The minimum absolute atomic E-state index is 0.0677. The molecule has 2 aliphatic rings. The van der Waals surface area contributed by atoms with Crippen molar-refractivity contribution >= 4 is 29.4 Å². The van der Waals surface area contributed by atoms with Crippen LogP contribution in [0.5, 0.6) is 0 Å². The van der Waals surface area contributed by atoms with Crippen molar-refractivity contribution in [2.24, 2.45) is 5.92 Å². The zero-order chi connectivity index (χ0) is 39.7. The summed E-state index contributed by atoms with van der Waals surface area (Å²) >= 11 is 6.57. The van der Waals surface area contributed by atoms with E-state index in [0.717, 1.165) is 77.6 Å². The van der Waals surface area contributed by atoms with Gasteiger partial charge in [0, 0.05) is 55.1 Å². The van der Waals surface area contributed by atoms with Gasteiger partial charge in [-0.15, -0.1) is 0 Å². The number of nitrogens with zero attached hydrogens (tertiary/aromatic N) is 1. The van der Waals surface area contributed by atoms with E-state index >= 15 is 0 Å². The summed E-state index contributed by atoms with van der Waals surface area (Å²) in [6.45, 7) is 28.5. The Labute approximate surface area is 316 Å². The number of hydrogen-bond acceptors (Lipinski definition) is 5. The predicted octanol–water partition coefficient (Wildman–Crippen LogP) is 12.8. The minimum atomic E-state index is -0.292. The van der Waals surface area contributed by atoms with Gasteiger partial charge in [0.2, 0.25) is 0 Å². The number of hydrogen-bond donors (Lipinski definition) is 2. The SMILES string of the molecule is C=C1CC(=O)CCC1C.CC.CC.CC.CC\C=C(NCc1ccc(C(C)=O)c(CC)c1)/C(C=N)=C(\C=C(/C)CCC)C1=C(Cl)C=C(F)CN1C. The average molecular weight is 727 g/mol. The van der Waals surface area contributed by atoms with Crippen molar-refractivity contribution in [1.29, 1.82) is 5.41 Å². The fourth-order valence-electron chi connectivity index (χ4n) is 5.53. The van der Waals surface area contributed by atoms with Crippen LogP contribution in [-0.4, -0.2) is 36.3 Å². The molecule has 0 saturated heterocycles. The molecule has 2 N–H and O–H groups in total. The largest absolute Gasteiger partial charge is 0.381 e. The number of carbonyl (C=O) groups excluding carboxylic acids is 2. The Hall–Kier alpha value is -3.51. The lowest BCUT2D eigenvalue weighted by atomic mass is 9.86. The molecule has 0 bridgehead atoms. The van der Waals surface area contributed by atoms with Gasteiger partial charge in [-0.2, -0.15) is 0 Å². The Morgan fingerprint density at radius 2 is 1.75 bits per heavy atom. The second kappa shape index (κ2) is 28.1. The third kappa shape index (κ3) is 17.0. The third-order valence-electron chi connectivity index (χ3n) is 8.09. The van der Waals surface area contributed by atoms with Crippen LogP contribution in [0.15, 0.2) is 87.6 Å². The number of rotatable bonds is 12. The minimum Gasteiger partial charge on any atom is -0.381 e. The molecule has 1 aliphatic carbocycles. The fraction of sp³-hybridized carbons (Fsp3) is 0.523. The molecule has 1 aromatic carbocycles. The van der Waals surface area contributed by atoms with Gasteiger partial charge in [-0.25, -0.2) is 4.39 Å². The second-order valence-electron chi connectivity index (χ2n) is 12.0. The van der Waals surface area contributed by atoms with Crippen molar-refractivity contribution in [1.82, 2.24) is 10.2 Å². The maximum atomic E-state index is 14.1. The molecule has 0 aromatic heterocycles. The number of allylic oxidation sites excluding steroid dienone is 7. The summed E-state index contributed by atoms with van der Waals surface area (Å²) in [4.78, 5) is 24.5. The van der Waals surface area contributed by atoms with Crippen molar-refractivity contribution in [2.75, 3.05) is 13.6 Å². The Morgan fingerprint density at radius 3 is 2.22 bits per heavy atom. The fourth-order valence-corrected chi connectivity index (χ4v) is 5.89. The molecule has 1 unspecified atom stereocenters. The monoisotopic (exact) mass is 726 g/mol. The lowest BCUT2D eigenvalue weighted by molar-refractivity contribution is -0.119. The van der Waals surface area contributed by atoms with Crippen LogP contribution in [0, 0.1) is 11.3 Å². The first kappa shape index (κ1) is 49.6. The van der Waals surface area contributed by atoms with E-state index in [0.29, 0.717) is 41.0 Å². The summed E-state index contributed by atoms with van der Waals surface area (Å²) in [5.41, 5.74) is 8.12. The van der Waals surface area contributed by atoms with E-state index in [4.69, 9.17) is 17.0 Å². The summed E-state index contributed by atoms with van der Waals surface area (Å²) in [5.74, 6) is 0.707. The maximum absolute atomic E-state index is 14.1. The summed E-state index contributed by atoms with van der Waals surface area (Å²) in [7, 11) is 1.81. The second-order valence-corrected chi connectivity index (χ2v) is 12.4. The van der Waals surface area contributed by atoms with Crippen LogP contribution in [0.3, 0.4) is 0 Å². The van der Waals surface area contributed by atoms with Gasteiger partial charge in [0.25, 0.3) is 0 Å². The van der Waals surface area contributed by atoms with E-state index in [1.807, 2.05) is 67.6 Å². The van der Waals surface area contributed by atoms with Crippen LogP contribution in [0.4, 0.5) is 4.39 Å². The zero-order valence-corrected chi connectivity index (χ0v) is 35.0. The van der Waals surface area contributed by atoms with Crippen LogP contribution in [0.1, 0.15) is 143 Å². The van der Waals surface area contributed by atoms with Gasteiger partial charge in [0.05, 0.1) is 17.3 Å². The molecule has 286 valence electrons. The molecular formula is C44H69ClFN3O2. The molecule has 0 amide bonds. The zero-order valence-electron chi connectivity index (χ0n) is 34.2. The number of benzene rings is 1. The van der Waals surface area contributed by atoms with E-state index < -0.39 is 0 Å². The molecule has 3 rings (SSSR count). The smallest absolute Gasteiger partial charge is 0.160 e. The highest BCUT2D eigenvalue weighted by molar-refractivity contribution is 6.32. The van der Waals surface area contributed by atoms with E-state index in [1.54, 1.807) is 11.8 Å². The van der Waals surface area contributed by atoms with Gasteiger partial charge in [-0.3, -0.25) is 9.59 Å². The van der Waals surface area contributed by atoms with Gasteiger partial charge in [0.1, 0.15) is 11.6 Å². The van der Waals surface area contributed by atoms with Crippen LogP contribution < -0.4 is 5.32 Å². The number of likely N-dealkylation sites (N-methyl/N-ethyl adjacent to an activating group) is 1. The van der Waals surface area contributed by atoms with E-state index in [2.05, 4.69) is 57.8 Å². The van der Waals surface area contributed by atoms with Crippen LogP contribution in [-0.2, 0) is 17.8 Å². The quantitative estimate of drug-likeness (QED) is 0.0973. The van der Waals surface area contributed by atoms with Crippen LogP contribution >= 0.6 is 11.6 Å². The van der Waals surface area contributed by atoms with E-state index in [9.17, 15) is 14.0 Å². The Kier molecular flexibility index (Phi) is 27.3. The first-order valence-electron chi connectivity index (χ1n) is 19.0.